The van der Waals surface area contributed by atoms with Crippen LogP contribution in [0, 0.1) is 0 Å². The Kier molecular flexibility index (Phi) is 45.9. The summed E-state index contributed by atoms with van der Waals surface area (Å²) in [6.07, 6.45) is 45.4. The van der Waals surface area contributed by atoms with Gasteiger partial charge in [0.1, 0.15) is 0 Å². The molecule has 0 radical (unpaired) electrons. The van der Waals surface area contributed by atoms with Crippen LogP contribution >= 0.6 is 21.6 Å². The first-order valence-electron chi connectivity index (χ1n) is 23.7. The number of hydrogen-bond donors (Lipinski definition) is 0. The van der Waals surface area contributed by atoms with E-state index in [0.717, 1.165) is 76.2 Å². The highest BCUT2D eigenvalue weighted by Crippen LogP contribution is 2.21. The summed E-state index contributed by atoms with van der Waals surface area (Å²) in [5.74, 6) is 2.11. The Bertz CT molecular complexity index is 817. The van der Waals surface area contributed by atoms with Gasteiger partial charge in [-0.3, -0.25) is 9.59 Å². The van der Waals surface area contributed by atoms with Crippen molar-refractivity contribution in [3.05, 3.63) is 24.3 Å². The molecule has 6 nitrogen and oxygen atoms in total. The van der Waals surface area contributed by atoms with Crippen LogP contribution in [0.4, 0.5) is 0 Å². The second kappa shape index (κ2) is 46.7. The summed E-state index contributed by atoms with van der Waals surface area (Å²) >= 11 is 0. The minimum atomic E-state index is -0.0349. The van der Waals surface area contributed by atoms with Gasteiger partial charge in [-0.2, -0.15) is 0 Å². The minimum absolute atomic E-state index is 0.0349. The summed E-state index contributed by atoms with van der Waals surface area (Å²) in [7, 11) is 8.16. The van der Waals surface area contributed by atoms with E-state index in [9.17, 15) is 9.59 Å². The maximum atomic E-state index is 12.1. The zero-order chi connectivity index (χ0) is 40.8. The molecule has 0 spiro atoms. The number of allylic oxidation sites excluding steroid dienone is 4. The van der Waals surface area contributed by atoms with Crippen LogP contribution in [0.1, 0.15) is 206 Å². The van der Waals surface area contributed by atoms with E-state index in [4.69, 9.17) is 9.47 Å². The fourth-order valence-electron chi connectivity index (χ4n) is 6.59. The first-order valence-corrected chi connectivity index (χ1v) is 26.2. The molecule has 0 aliphatic heterocycles. The summed E-state index contributed by atoms with van der Waals surface area (Å²) in [6.45, 7) is 9.59. The summed E-state index contributed by atoms with van der Waals surface area (Å²) in [4.78, 5) is 28.8. The van der Waals surface area contributed by atoms with Crippen molar-refractivity contribution < 1.29 is 19.1 Å². The van der Waals surface area contributed by atoms with E-state index in [1.165, 1.54) is 141 Å². The highest BCUT2D eigenvalue weighted by atomic mass is 33.1. The van der Waals surface area contributed by atoms with Crippen molar-refractivity contribution in [1.82, 2.24) is 9.80 Å². The lowest BCUT2D eigenvalue weighted by molar-refractivity contribution is -0.144. The molecule has 0 atom stereocenters. The van der Waals surface area contributed by atoms with Crippen LogP contribution in [0.3, 0.4) is 0 Å². The van der Waals surface area contributed by atoms with Crippen molar-refractivity contribution in [3.8, 4) is 0 Å². The van der Waals surface area contributed by atoms with E-state index in [1.54, 1.807) is 0 Å². The molecule has 0 saturated heterocycles. The quantitative estimate of drug-likeness (QED) is 0.0260. The predicted octanol–water partition coefficient (Wildman–Crippen LogP) is 14.2. The number of nitrogens with zero attached hydrogens (tertiary/aromatic N) is 2. The third-order valence-electron chi connectivity index (χ3n) is 10.4. The van der Waals surface area contributed by atoms with Gasteiger partial charge < -0.3 is 19.3 Å². The van der Waals surface area contributed by atoms with Gasteiger partial charge in [0.15, 0.2) is 0 Å². The Morgan fingerprint density at radius 2 is 0.714 bits per heavy atom. The van der Waals surface area contributed by atoms with Crippen LogP contribution in [0.15, 0.2) is 24.3 Å². The summed E-state index contributed by atoms with van der Waals surface area (Å²) in [6, 6.07) is 0. The Morgan fingerprint density at radius 1 is 0.411 bits per heavy atom. The normalized spacial score (nSPS) is 11.9. The topological polar surface area (TPSA) is 59.1 Å². The van der Waals surface area contributed by atoms with Gasteiger partial charge in [-0.05, 0) is 91.1 Å². The minimum Gasteiger partial charge on any atom is -0.466 e. The number of carbonyl (C=O) groups excluding carboxylic acids is 2. The number of hydrogen-bond acceptors (Lipinski definition) is 8. The van der Waals surface area contributed by atoms with E-state index in [0.29, 0.717) is 26.1 Å². The molecule has 56 heavy (non-hydrogen) atoms. The Morgan fingerprint density at radius 3 is 1.05 bits per heavy atom. The monoisotopic (exact) mass is 825 g/mol. The fraction of sp³-hybridized carbons (Fsp3) is 0.875. The zero-order valence-corrected chi connectivity index (χ0v) is 39.2. The van der Waals surface area contributed by atoms with E-state index in [-0.39, 0.29) is 11.9 Å². The molecule has 0 aromatic carbocycles. The van der Waals surface area contributed by atoms with Gasteiger partial charge in [-0.25, -0.2) is 0 Å². The number of esters is 2. The van der Waals surface area contributed by atoms with Crippen molar-refractivity contribution in [3.63, 3.8) is 0 Å². The van der Waals surface area contributed by atoms with Gasteiger partial charge in [0, 0.05) is 50.5 Å². The Hall–Kier alpha value is -0.960. The van der Waals surface area contributed by atoms with Crippen LogP contribution in [-0.2, 0) is 19.1 Å². The Labute approximate surface area is 356 Å². The lowest BCUT2D eigenvalue weighted by Crippen LogP contribution is -2.24. The smallest absolute Gasteiger partial charge is 0.305 e. The maximum absolute atomic E-state index is 12.1. The molecular formula is C48H92N2O4S2. The largest absolute Gasteiger partial charge is 0.466 e. The molecule has 8 heteroatoms. The number of ether oxygens (including phenoxy) is 2. The first kappa shape index (κ1) is 55.0. The molecule has 0 aliphatic rings. The van der Waals surface area contributed by atoms with Crippen molar-refractivity contribution in [2.45, 2.75) is 206 Å². The molecule has 0 unspecified atom stereocenters. The number of rotatable bonds is 45. The van der Waals surface area contributed by atoms with Crippen molar-refractivity contribution in [1.29, 1.82) is 0 Å². The first-order chi connectivity index (χ1) is 27.5. The van der Waals surface area contributed by atoms with Gasteiger partial charge in [0.2, 0.25) is 0 Å². The molecular weight excluding hydrogens is 733 g/mol. The van der Waals surface area contributed by atoms with Crippen LogP contribution in [0.25, 0.3) is 0 Å². The third kappa shape index (κ3) is 45.7. The zero-order valence-electron chi connectivity index (χ0n) is 37.5. The van der Waals surface area contributed by atoms with Crippen molar-refractivity contribution >= 4 is 33.5 Å². The van der Waals surface area contributed by atoms with Gasteiger partial charge in [-0.15, -0.1) is 0 Å². The predicted molar refractivity (Wildman–Crippen MR) is 250 cm³/mol. The van der Waals surface area contributed by atoms with E-state index in [2.05, 4.69) is 62.0 Å². The van der Waals surface area contributed by atoms with Crippen LogP contribution in [0.2, 0.25) is 0 Å². The second-order valence-electron chi connectivity index (χ2n) is 16.1. The maximum Gasteiger partial charge on any atom is 0.305 e. The van der Waals surface area contributed by atoms with Gasteiger partial charge >= 0.3 is 11.9 Å². The van der Waals surface area contributed by atoms with Crippen molar-refractivity contribution in [2.24, 2.45) is 0 Å². The third-order valence-corrected chi connectivity index (χ3v) is 12.7. The van der Waals surface area contributed by atoms with E-state index >= 15 is 0 Å². The van der Waals surface area contributed by atoms with Crippen LogP contribution in [-0.4, -0.2) is 86.7 Å². The van der Waals surface area contributed by atoms with Crippen molar-refractivity contribution in [2.75, 3.05) is 65.0 Å². The van der Waals surface area contributed by atoms with E-state index < -0.39 is 0 Å². The lowest BCUT2D eigenvalue weighted by atomic mass is 10.1. The molecule has 0 fully saturated rings. The summed E-state index contributed by atoms with van der Waals surface area (Å²) in [5, 5.41) is 0. The summed E-state index contributed by atoms with van der Waals surface area (Å²) in [5.41, 5.74) is 0. The fourth-order valence-corrected chi connectivity index (χ4v) is 8.76. The molecule has 0 aromatic heterocycles. The molecule has 0 N–H and O–H groups in total. The Balaban J connectivity index is 3.44. The average molecular weight is 825 g/mol. The second-order valence-corrected chi connectivity index (χ2v) is 18.8. The average Bonchev–Trinajstić information content (AvgIpc) is 3.19. The number of carbonyl (C=O) groups is 2. The molecule has 0 saturated carbocycles. The molecule has 330 valence electrons. The molecule has 0 aliphatic carbocycles. The lowest BCUT2D eigenvalue weighted by Gasteiger charge is -2.17. The van der Waals surface area contributed by atoms with Gasteiger partial charge in [0.25, 0.3) is 0 Å². The van der Waals surface area contributed by atoms with Crippen LogP contribution in [0.5, 0.6) is 0 Å². The number of unbranched alkanes of at least 4 members (excludes halogenated alkanes) is 22. The highest BCUT2D eigenvalue weighted by Gasteiger charge is 2.06. The molecule has 0 heterocycles. The summed E-state index contributed by atoms with van der Waals surface area (Å²) < 4.78 is 10.9. The highest BCUT2D eigenvalue weighted by molar-refractivity contribution is 8.76. The molecule has 0 rings (SSSR count). The molecule has 0 bridgehead atoms. The van der Waals surface area contributed by atoms with Gasteiger partial charge in [-0.1, -0.05) is 162 Å². The van der Waals surface area contributed by atoms with Gasteiger partial charge in [0.05, 0.1) is 13.2 Å². The standard InChI is InChI=1S/C48H92N2O4S2/c1-5-7-9-11-13-15-17-19-21-23-25-27-29-31-33-37-47(51)53-43-35-39-49(3)41-45-55-56-46-42-50(4)40-36-44-54-48(52)38-34-32-30-28-26-24-22-20-18-16-14-12-10-8-6-2/h19-22H,5-18,23-46H2,1-4H3/b21-19-,22-20-. The SMILES string of the molecule is CCCCCCCC/C=C\CCCCCCCC(=O)OCCCN(C)CCSSCCN(C)CCCOC(=O)CCCCCCC/C=C\CCCCCCCC. The van der Waals surface area contributed by atoms with Crippen LogP contribution < -0.4 is 0 Å². The molecule has 0 amide bonds. The molecule has 0 aromatic rings. The van der Waals surface area contributed by atoms with E-state index in [1.807, 2.05) is 21.6 Å².